The predicted octanol–water partition coefficient (Wildman–Crippen LogP) is 3.18. The van der Waals surface area contributed by atoms with Crippen LogP contribution in [0.4, 0.5) is 0 Å². The molecule has 2 aromatic rings. The lowest BCUT2D eigenvalue weighted by atomic mass is 10.2. The molecule has 0 bridgehead atoms. The number of nitrogens with one attached hydrogen (secondary N) is 1. The van der Waals surface area contributed by atoms with E-state index in [2.05, 4.69) is 5.32 Å². The molecule has 0 aliphatic heterocycles. The summed E-state index contributed by atoms with van der Waals surface area (Å²) in [6.07, 6.45) is 0. The number of ether oxygens (including phenoxy) is 1. The van der Waals surface area contributed by atoms with Gasteiger partial charge in [0, 0.05) is 23.7 Å². The van der Waals surface area contributed by atoms with Gasteiger partial charge in [-0.1, -0.05) is 11.6 Å². The number of benzene rings is 2. The largest absolute Gasteiger partial charge is 0.492 e. The van der Waals surface area contributed by atoms with Gasteiger partial charge in [0.05, 0.1) is 11.4 Å². The van der Waals surface area contributed by atoms with Gasteiger partial charge in [0.1, 0.15) is 12.4 Å². The van der Waals surface area contributed by atoms with E-state index in [0.717, 1.165) is 0 Å². The third-order valence-corrected chi connectivity index (χ3v) is 6.29. The Balaban J connectivity index is 1.89. The van der Waals surface area contributed by atoms with Crippen molar-refractivity contribution in [3.63, 3.8) is 0 Å². The number of hydrogen-bond donors (Lipinski definition) is 1. The van der Waals surface area contributed by atoms with E-state index >= 15 is 0 Å². The van der Waals surface area contributed by atoms with Crippen LogP contribution < -0.4 is 10.1 Å². The minimum atomic E-state index is -3.56. The van der Waals surface area contributed by atoms with Gasteiger partial charge in [-0.3, -0.25) is 4.79 Å². The van der Waals surface area contributed by atoms with E-state index in [9.17, 15) is 13.2 Å². The third kappa shape index (κ3) is 5.69. The van der Waals surface area contributed by atoms with Gasteiger partial charge in [0.25, 0.3) is 5.91 Å². The van der Waals surface area contributed by atoms with E-state index in [1.165, 1.54) is 35.6 Å². The topological polar surface area (TPSA) is 75.7 Å². The van der Waals surface area contributed by atoms with Crippen LogP contribution in [0.2, 0.25) is 5.02 Å². The summed E-state index contributed by atoms with van der Waals surface area (Å²) in [6, 6.07) is 12.7. The molecule has 0 aromatic heterocycles. The normalized spacial score (nSPS) is 11.6. The highest BCUT2D eigenvalue weighted by Crippen LogP contribution is 2.17. The van der Waals surface area contributed by atoms with Crippen LogP contribution in [0.3, 0.4) is 0 Å². The van der Waals surface area contributed by atoms with Crippen molar-refractivity contribution >= 4 is 27.5 Å². The molecule has 0 unspecified atom stereocenters. The third-order valence-electron chi connectivity index (χ3n) is 3.99. The van der Waals surface area contributed by atoms with Crippen LogP contribution in [-0.2, 0) is 10.0 Å². The molecule has 0 spiro atoms. The fraction of sp³-hybridized carbons (Fsp3) is 0.316. The maximum absolute atomic E-state index is 12.4. The summed E-state index contributed by atoms with van der Waals surface area (Å²) in [5, 5.41) is 3.36. The zero-order valence-electron chi connectivity index (χ0n) is 15.5. The number of rotatable bonds is 8. The summed E-state index contributed by atoms with van der Waals surface area (Å²) < 4.78 is 31.6. The van der Waals surface area contributed by atoms with Gasteiger partial charge in [-0.25, -0.2) is 8.42 Å². The Labute approximate surface area is 165 Å². The highest BCUT2D eigenvalue weighted by Gasteiger charge is 2.23. The molecule has 8 heteroatoms. The molecule has 0 aliphatic carbocycles. The Morgan fingerprint density at radius 2 is 1.70 bits per heavy atom. The molecule has 0 atom stereocenters. The Bertz CT molecular complexity index is 866. The first kappa shape index (κ1) is 21.2. The number of carbonyl (C=O) groups is 1. The summed E-state index contributed by atoms with van der Waals surface area (Å²) in [6.45, 7) is 4.22. The quantitative estimate of drug-likeness (QED) is 0.678. The molecule has 0 saturated heterocycles. The average Bonchev–Trinajstić information content (AvgIpc) is 2.65. The number of hydrogen-bond acceptors (Lipinski definition) is 4. The minimum absolute atomic E-state index is 0.154. The van der Waals surface area contributed by atoms with Crippen molar-refractivity contribution in [1.82, 2.24) is 9.62 Å². The molecule has 0 aliphatic rings. The predicted molar refractivity (Wildman–Crippen MR) is 106 cm³/mol. The highest BCUT2D eigenvalue weighted by atomic mass is 35.5. The Hall–Kier alpha value is -2.09. The zero-order chi connectivity index (χ0) is 20.0. The van der Waals surface area contributed by atoms with Crippen molar-refractivity contribution in [2.45, 2.75) is 24.8 Å². The lowest BCUT2D eigenvalue weighted by Crippen LogP contribution is -2.33. The molecule has 0 heterocycles. The molecule has 2 aromatic carbocycles. The van der Waals surface area contributed by atoms with E-state index in [1.54, 1.807) is 38.1 Å². The second-order valence-corrected chi connectivity index (χ2v) is 8.63. The second-order valence-electron chi connectivity index (χ2n) is 6.20. The van der Waals surface area contributed by atoms with Crippen LogP contribution in [-0.4, -0.2) is 44.9 Å². The van der Waals surface area contributed by atoms with Crippen molar-refractivity contribution in [3.05, 3.63) is 59.1 Å². The smallest absolute Gasteiger partial charge is 0.251 e. The van der Waals surface area contributed by atoms with Crippen LogP contribution in [0, 0.1) is 0 Å². The molecule has 146 valence electrons. The number of carbonyl (C=O) groups excluding carboxylic acids is 1. The van der Waals surface area contributed by atoms with Crippen LogP contribution in [0.5, 0.6) is 5.75 Å². The Morgan fingerprint density at radius 1 is 1.11 bits per heavy atom. The molecule has 2 rings (SSSR count). The van der Waals surface area contributed by atoms with Gasteiger partial charge in [-0.05, 0) is 62.4 Å². The second kappa shape index (κ2) is 9.21. The standard InChI is InChI=1S/C19H23ClN2O4S/c1-14(2)22(3)27(24,25)18-10-4-15(5-11-18)19(23)21-12-13-26-17-8-6-16(20)7-9-17/h4-11,14H,12-13H2,1-3H3,(H,21,23). The molecular formula is C19H23ClN2O4S. The summed E-state index contributed by atoms with van der Waals surface area (Å²) in [4.78, 5) is 12.3. The van der Waals surface area contributed by atoms with Crippen molar-refractivity contribution in [1.29, 1.82) is 0 Å². The van der Waals surface area contributed by atoms with Gasteiger partial charge in [0.15, 0.2) is 0 Å². The van der Waals surface area contributed by atoms with E-state index in [1.807, 2.05) is 0 Å². The molecule has 27 heavy (non-hydrogen) atoms. The average molecular weight is 411 g/mol. The van der Waals surface area contributed by atoms with E-state index < -0.39 is 10.0 Å². The van der Waals surface area contributed by atoms with Crippen molar-refractivity contribution < 1.29 is 17.9 Å². The molecule has 1 amide bonds. The lowest BCUT2D eigenvalue weighted by molar-refractivity contribution is 0.0947. The number of amides is 1. The van der Waals surface area contributed by atoms with Gasteiger partial charge >= 0.3 is 0 Å². The maximum Gasteiger partial charge on any atom is 0.251 e. The van der Waals surface area contributed by atoms with Gasteiger partial charge in [-0.2, -0.15) is 4.31 Å². The van der Waals surface area contributed by atoms with Crippen LogP contribution >= 0.6 is 11.6 Å². The SMILES string of the molecule is CC(C)N(C)S(=O)(=O)c1ccc(C(=O)NCCOc2ccc(Cl)cc2)cc1. The lowest BCUT2D eigenvalue weighted by Gasteiger charge is -2.21. The first-order valence-electron chi connectivity index (χ1n) is 8.46. The summed E-state index contributed by atoms with van der Waals surface area (Å²) in [5.74, 6) is 0.369. The fourth-order valence-corrected chi connectivity index (χ4v) is 3.68. The monoisotopic (exact) mass is 410 g/mol. The van der Waals surface area contributed by atoms with Crippen LogP contribution in [0.1, 0.15) is 24.2 Å². The molecule has 6 nitrogen and oxygen atoms in total. The van der Waals surface area contributed by atoms with Crippen LogP contribution in [0.25, 0.3) is 0 Å². The molecule has 1 N–H and O–H groups in total. The molecule has 0 radical (unpaired) electrons. The van der Waals surface area contributed by atoms with Crippen molar-refractivity contribution in [2.24, 2.45) is 0 Å². The number of halogens is 1. The fourth-order valence-electron chi connectivity index (χ4n) is 2.19. The zero-order valence-corrected chi connectivity index (χ0v) is 17.0. The van der Waals surface area contributed by atoms with Crippen LogP contribution in [0.15, 0.2) is 53.4 Å². The minimum Gasteiger partial charge on any atom is -0.492 e. The number of sulfonamides is 1. The van der Waals surface area contributed by atoms with E-state index in [0.29, 0.717) is 29.5 Å². The maximum atomic E-state index is 12.4. The highest BCUT2D eigenvalue weighted by molar-refractivity contribution is 7.89. The van der Waals surface area contributed by atoms with Crippen molar-refractivity contribution in [3.8, 4) is 5.75 Å². The first-order chi connectivity index (χ1) is 12.7. The van der Waals surface area contributed by atoms with E-state index in [-0.39, 0.29) is 16.8 Å². The van der Waals surface area contributed by atoms with Gasteiger partial charge in [-0.15, -0.1) is 0 Å². The Morgan fingerprint density at radius 3 is 2.26 bits per heavy atom. The molecule has 0 saturated carbocycles. The summed E-state index contributed by atoms with van der Waals surface area (Å²) >= 11 is 5.80. The molecule has 0 fully saturated rings. The van der Waals surface area contributed by atoms with Gasteiger partial charge in [0.2, 0.25) is 10.0 Å². The Kier molecular flexibility index (Phi) is 7.24. The number of nitrogens with zero attached hydrogens (tertiary/aromatic N) is 1. The van der Waals surface area contributed by atoms with Crippen molar-refractivity contribution in [2.75, 3.05) is 20.2 Å². The molecular weight excluding hydrogens is 388 g/mol. The summed E-state index contributed by atoms with van der Waals surface area (Å²) in [5.41, 5.74) is 0.382. The summed E-state index contributed by atoms with van der Waals surface area (Å²) in [7, 11) is -2.03. The van der Waals surface area contributed by atoms with Gasteiger partial charge < -0.3 is 10.1 Å². The first-order valence-corrected chi connectivity index (χ1v) is 10.3. The van der Waals surface area contributed by atoms with E-state index in [4.69, 9.17) is 16.3 Å².